The highest BCUT2D eigenvalue weighted by molar-refractivity contribution is 5.99. The second-order valence-corrected chi connectivity index (χ2v) is 11.4. The molecular weight excluding hydrogens is 462 g/mol. The predicted octanol–water partition coefficient (Wildman–Crippen LogP) is 5.32. The van der Waals surface area contributed by atoms with Crippen LogP contribution >= 0.6 is 0 Å². The third kappa shape index (κ3) is 6.07. The summed E-state index contributed by atoms with van der Waals surface area (Å²) in [5.74, 6) is 0.659. The van der Waals surface area contributed by atoms with Gasteiger partial charge in [-0.1, -0.05) is 26.8 Å². The van der Waals surface area contributed by atoms with Crippen LogP contribution in [0.4, 0.5) is 23.1 Å². The minimum Gasteiger partial charge on any atom is -0.350 e. The lowest BCUT2D eigenvalue weighted by atomic mass is 9.91. The van der Waals surface area contributed by atoms with E-state index >= 15 is 0 Å². The van der Waals surface area contributed by atoms with Crippen molar-refractivity contribution in [1.29, 1.82) is 0 Å². The molecule has 0 spiro atoms. The molecule has 8 nitrogen and oxygen atoms in total. The molecule has 0 radical (unpaired) electrons. The van der Waals surface area contributed by atoms with E-state index in [1.165, 1.54) is 24.0 Å². The third-order valence-corrected chi connectivity index (χ3v) is 6.81. The van der Waals surface area contributed by atoms with Crippen molar-refractivity contribution < 1.29 is 4.79 Å². The average molecular weight is 500 g/mol. The maximum absolute atomic E-state index is 12.9. The van der Waals surface area contributed by atoms with E-state index in [1.54, 1.807) is 12.4 Å². The Morgan fingerprint density at radius 3 is 2.54 bits per heavy atom. The maximum atomic E-state index is 12.9. The zero-order chi connectivity index (χ0) is 26.2. The van der Waals surface area contributed by atoms with E-state index in [0.29, 0.717) is 17.3 Å². The number of carbonyl (C=O) groups excluding carboxylic acids is 1. The third-order valence-electron chi connectivity index (χ3n) is 6.81. The van der Waals surface area contributed by atoms with Gasteiger partial charge in [0.2, 0.25) is 5.95 Å². The van der Waals surface area contributed by atoms with Gasteiger partial charge in [0, 0.05) is 60.1 Å². The lowest BCUT2D eigenvalue weighted by Gasteiger charge is -2.29. The summed E-state index contributed by atoms with van der Waals surface area (Å²) >= 11 is 0. The fourth-order valence-electron chi connectivity index (χ4n) is 4.64. The molecular formula is C29H37N7O. The minimum atomic E-state index is -0.219. The van der Waals surface area contributed by atoms with Crippen molar-refractivity contribution in [1.82, 2.24) is 25.2 Å². The summed E-state index contributed by atoms with van der Waals surface area (Å²) in [5.41, 5.74) is 5.78. The van der Waals surface area contributed by atoms with Crippen molar-refractivity contribution in [2.75, 3.05) is 17.2 Å². The summed E-state index contributed by atoms with van der Waals surface area (Å²) in [6.45, 7) is 12.4. The van der Waals surface area contributed by atoms with Crippen molar-refractivity contribution >= 4 is 29.0 Å². The van der Waals surface area contributed by atoms with Gasteiger partial charge in [-0.2, -0.15) is 4.98 Å². The monoisotopic (exact) mass is 499 g/mol. The zero-order valence-corrected chi connectivity index (χ0v) is 22.4. The highest BCUT2D eigenvalue weighted by atomic mass is 16.1. The Bertz CT molecular complexity index is 1290. The molecule has 1 fully saturated rings. The Balaban J connectivity index is 1.42. The van der Waals surface area contributed by atoms with Gasteiger partial charge >= 0.3 is 0 Å². The van der Waals surface area contributed by atoms with E-state index in [1.807, 2.05) is 26.0 Å². The summed E-state index contributed by atoms with van der Waals surface area (Å²) < 4.78 is 0. The Morgan fingerprint density at radius 2 is 1.81 bits per heavy atom. The van der Waals surface area contributed by atoms with Crippen LogP contribution in [0.25, 0.3) is 0 Å². The SMILES string of the molecule is CC(C)NC(=O)c1cnc(Nc2ccc3c(c2)CN(C2CC2)CC3)nc1Nc1ccnc(C(C)(C)C)c1. The molecule has 1 aliphatic heterocycles. The van der Waals surface area contributed by atoms with Gasteiger partial charge in [0.15, 0.2) is 0 Å². The topological polar surface area (TPSA) is 95.1 Å². The van der Waals surface area contributed by atoms with E-state index in [2.05, 4.69) is 69.8 Å². The summed E-state index contributed by atoms with van der Waals surface area (Å²) in [6.07, 6.45) is 7.09. The molecule has 3 aromatic rings. The molecule has 3 N–H and O–H groups in total. The van der Waals surface area contributed by atoms with Crippen LogP contribution in [0.5, 0.6) is 0 Å². The number of hydrogen-bond acceptors (Lipinski definition) is 7. The molecule has 0 unspecified atom stereocenters. The van der Waals surface area contributed by atoms with E-state index in [9.17, 15) is 4.79 Å². The van der Waals surface area contributed by atoms with Crippen LogP contribution in [0.15, 0.2) is 42.7 Å². The Morgan fingerprint density at radius 1 is 1.03 bits per heavy atom. The van der Waals surface area contributed by atoms with Crippen LogP contribution in [0, 0.1) is 0 Å². The number of amides is 1. The number of nitrogens with zero attached hydrogens (tertiary/aromatic N) is 4. The van der Waals surface area contributed by atoms with Gasteiger partial charge < -0.3 is 16.0 Å². The van der Waals surface area contributed by atoms with Gasteiger partial charge in [-0.25, -0.2) is 4.98 Å². The first kappa shape index (κ1) is 25.1. The maximum Gasteiger partial charge on any atom is 0.256 e. The molecule has 0 bridgehead atoms. The molecule has 8 heteroatoms. The van der Waals surface area contributed by atoms with Gasteiger partial charge in [0.05, 0.1) is 0 Å². The van der Waals surface area contributed by atoms with Crippen LogP contribution in [0.3, 0.4) is 0 Å². The Labute approximate surface area is 219 Å². The van der Waals surface area contributed by atoms with Crippen LogP contribution in [0.2, 0.25) is 0 Å². The average Bonchev–Trinajstić information content (AvgIpc) is 3.69. The number of rotatable bonds is 7. The summed E-state index contributed by atoms with van der Waals surface area (Å²) in [7, 11) is 0. The number of fused-ring (bicyclic) bond motifs is 1. The first-order valence-corrected chi connectivity index (χ1v) is 13.2. The highest BCUT2D eigenvalue weighted by Gasteiger charge is 2.31. The fraction of sp³-hybridized carbons (Fsp3) is 0.448. The van der Waals surface area contributed by atoms with Crippen LogP contribution in [0.1, 0.15) is 74.6 Å². The normalized spacial score (nSPS) is 15.8. The van der Waals surface area contributed by atoms with Gasteiger partial charge in [0.1, 0.15) is 11.4 Å². The summed E-state index contributed by atoms with van der Waals surface area (Å²) in [4.78, 5) is 29.2. The molecule has 0 saturated heterocycles. The van der Waals surface area contributed by atoms with Crippen molar-refractivity contribution in [3.8, 4) is 0 Å². The molecule has 3 heterocycles. The number of hydrogen-bond donors (Lipinski definition) is 3. The molecule has 1 saturated carbocycles. The van der Waals surface area contributed by atoms with Crippen molar-refractivity contribution in [3.63, 3.8) is 0 Å². The molecule has 1 aliphatic carbocycles. The van der Waals surface area contributed by atoms with Gasteiger partial charge in [-0.15, -0.1) is 0 Å². The fourth-order valence-corrected chi connectivity index (χ4v) is 4.64. The molecule has 5 rings (SSSR count). The van der Waals surface area contributed by atoms with E-state index in [0.717, 1.165) is 42.6 Å². The summed E-state index contributed by atoms with van der Waals surface area (Å²) in [5, 5.41) is 9.65. The molecule has 1 amide bonds. The van der Waals surface area contributed by atoms with Crippen LogP contribution in [-0.4, -0.2) is 44.4 Å². The van der Waals surface area contributed by atoms with Crippen molar-refractivity contribution in [2.24, 2.45) is 0 Å². The zero-order valence-electron chi connectivity index (χ0n) is 22.4. The van der Waals surface area contributed by atoms with E-state index in [4.69, 9.17) is 4.98 Å². The van der Waals surface area contributed by atoms with Gasteiger partial charge in [-0.3, -0.25) is 14.7 Å². The highest BCUT2D eigenvalue weighted by Crippen LogP contribution is 2.33. The molecule has 37 heavy (non-hydrogen) atoms. The van der Waals surface area contributed by atoms with E-state index < -0.39 is 0 Å². The smallest absolute Gasteiger partial charge is 0.256 e. The quantitative estimate of drug-likeness (QED) is 0.405. The molecule has 194 valence electrons. The number of nitrogens with one attached hydrogen (secondary N) is 3. The predicted molar refractivity (Wildman–Crippen MR) is 148 cm³/mol. The van der Waals surface area contributed by atoms with Gasteiger partial charge in [-0.05, 0) is 68.5 Å². The lowest BCUT2D eigenvalue weighted by Crippen LogP contribution is -2.32. The second-order valence-electron chi connectivity index (χ2n) is 11.4. The summed E-state index contributed by atoms with van der Waals surface area (Å²) in [6, 6.07) is 11.1. The molecule has 2 aliphatic rings. The second kappa shape index (κ2) is 10.1. The minimum absolute atomic E-state index is 0.00253. The van der Waals surface area contributed by atoms with Crippen molar-refractivity contribution in [2.45, 2.75) is 77.9 Å². The first-order valence-electron chi connectivity index (χ1n) is 13.2. The van der Waals surface area contributed by atoms with Crippen LogP contribution in [-0.2, 0) is 18.4 Å². The number of benzene rings is 1. The Hall–Kier alpha value is -3.52. The number of pyridine rings is 1. The lowest BCUT2D eigenvalue weighted by molar-refractivity contribution is 0.0943. The number of carbonyl (C=O) groups is 1. The van der Waals surface area contributed by atoms with Gasteiger partial charge in [0.25, 0.3) is 5.91 Å². The number of anilines is 4. The molecule has 1 aromatic carbocycles. The number of aromatic nitrogens is 3. The van der Waals surface area contributed by atoms with Crippen molar-refractivity contribution in [3.05, 3.63) is 65.1 Å². The van der Waals surface area contributed by atoms with E-state index in [-0.39, 0.29) is 17.4 Å². The van der Waals surface area contributed by atoms with Crippen LogP contribution < -0.4 is 16.0 Å². The largest absolute Gasteiger partial charge is 0.350 e. The standard InChI is InChI=1S/C29H37N7O/c1-18(2)32-27(37)24-16-31-28(35-26(24)33-22-10-12-30-25(15-22)29(3,4)5)34-21-7-6-19-11-13-36(23-8-9-23)17-20(19)14-21/h6-7,10,12,14-16,18,23H,8-9,11,13,17H2,1-5H3,(H,32,37)(H2,30,31,33,34,35). The molecule has 0 atom stereocenters. The molecule has 2 aromatic heterocycles. The first-order chi connectivity index (χ1) is 17.7. The Kier molecular flexibility index (Phi) is 6.86.